The molecule has 3 saturated carbocycles. The van der Waals surface area contributed by atoms with E-state index in [0.717, 1.165) is 5.57 Å². The molecule has 5 aliphatic rings. The van der Waals surface area contributed by atoms with Gasteiger partial charge < -0.3 is 50.7 Å². The molecule has 348 valence electrons. The van der Waals surface area contributed by atoms with Gasteiger partial charge in [-0.2, -0.15) is 0 Å². The number of aliphatic hydroxyl groups excluding tert-OH is 1. The van der Waals surface area contributed by atoms with Crippen LogP contribution < -0.4 is 21.3 Å². The van der Waals surface area contributed by atoms with Crippen molar-refractivity contribution < 1.29 is 72.1 Å². The molecular weight excluding hydrogens is 935 g/mol. The highest BCUT2D eigenvalue weighted by Crippen LogP contribution is 2.70. The zero-order chi connectivity index (χ0) is 47.1. The first-order chi connectivity index (χ1) is 30.7. The minimum absolute atomic E-state index is 0.0510. The number of aliphatic carboxylic acids is 1. The van der Waals surface area contributed by atoms with Crippen LogP contribution in [-0.2, 0) is 47.3 Å². The Morgan fingerprint density at radius 1 is 1.02 bits per heavy atom. The number of allylic oxidation sites excluding steroid dienone is 4. The van der Waals surface area contributed by atoms with Gasteiger partial charge in [-0.3, -0.25) is 38.1 Å². The molecule has 0 radical (unpaired) electrons. The number of ether oxygens (including phenoxy) is 2. The number of carbonyl (C=O) groups is 7. The summed E-state index contributed by atoms with van der Waals surface area (Å²) < 4.78 is 29.9. The maximum atomic E-state index is 14.4. The molecule has 65 heavy (non-hydrogen) atoms. The number of carboxylic acid groups (broad SMARTS) is 1. The van der Waals surface area contributed by atoms with Crippen molar-refractivity contribution in [3.05, 3.63) is 83.5 Å². The van der Waals surface area contributed by atoms with E-state index in [9.17, 15) is 58.1 Å². The summed E-state index contributed by atoms with van der Waals surface area (Å²) >= 11 is 2.96. The van der Waals surface area contributed by atoms with E-state index in [1.54, 1.807) is 30.3 Å². The van der Waals surface area contributed by atoms with E-state index in [0.29, 0.717) is 24.8 Å². The number of hydrogen-bond acceptors (Lipinski definition) is 12. The molecule has 0 unspecified atom stereocenters. The van der Waals surface area contributed by atoms with E-state index in [2.05, 4.69) is 37.2 Å². The zero-order valence-electron chi connectivity index (χ0n) is 35.4. The Kier molecular flexibility index (Phi) is 13.9. The summed E-state index contributed by atoms with van der Waals surface area (Å²) in [4.78, 5) is 108. The van der Waals surface area contributed by atoms with Crippen molar-refractivity contribution in [2.75, 3.05) is 29.1 Å². The van der Waals surface area contributed by atoms with Gasteiger partial charge in [0, 0.05) is 45.7 Å². The van der Waals surface area contributed by atoms with Gasteiger partial charge in [-0.15, -0.1) is 0 Å². The van der Waals surface area contributed by atoms with Crippen LogP contribution in [0.5, 0.6) is 0 Å². The Labute approximate surface area is 381 Å². The number of aliphatic hydroxyl groups is 1. The number of hydrogen-bond donors (Lipinski definition) is 8. The SMILES string of the molecule is C[C@]12C=CC(=O)C=C1CC[C@@H]1[C@@H]2[C@@H](O)C[C@@]2(C)[C@H]1C[C@H]1O[C@@H](c3cccc(NC(=O)c4cccc(NC(=O)[C@H](CCC(=O)O)NC(=O)CNC(=O)CBr)c4)c3)O[C@]12C(=O)COP(=O)(O)O. The Morgan fingerprint density at radius 2 is 1.74 bits per heavy atom. The van der Waals surface area contributed by atoms with Crippen LogP contribution >= 0.6 is 23.8 Å². The second-order valence-corrected chi connectivity index (χ2v) is 19.4. The van der Waals surface area contributed by atoms with Gasteiger partial charge in [0.1, 0.15) is 12.6 Å². The lowest BCUT2D eigenvalue weighted by atomic mass is 9.46. The Balaban J connectivity index is 1.08. The first-order valence-corrected chi connectivity index (χ1v) is 23.7. The van der Waals surface area contributed by atoms with E-state index >= 15 is 0 Å². The lowest BCUT2D eigenvalue weighted by molar-refractivity contribution is -0.200. The van der Waals surface area contributed by atoms with Gasteiger partial charge in [0.15, 0.2) is 23.5 Å². The molecule has 19 nitrogen and oxygen atoms in total. The number of anilines is 2. The van der Waals surface area contributed by atoms with Crippen molar-refractivity contribution in [3.63, 3.8) is 0 Å². The monoisotopic (exact) mass is 984 g/mol. The van der Waals surface area contributed by atoms with Crippen LogP contribution in [0.1, 0.15) is 74.6 Å². The van der Waals surface area contributed by atoms with Crippen LogP contribution in [0.25, 0.3) is 0 Å². The number of amides is 4. The van der Waals surface area contributed by atoms with Gasteiger partial charge in [0.25, 0.3) is 5.91 Å². The highest BCUT2D eigenvalue weighted by Gasteiger charge is 2.76. The van der Waals surface area contributed by atoms with Crippen LogP contribution in [0.4, 0.5) is 11.4 Å². The van der Waals surface area contributed by atoms with Crippen LogP contribution in [0.15, 0.2) is 72.3 Å². The third-order valence-electron chi connectivity index (χ3n) is 13.7. The number of nitrogens with one attached hydrogen (secondary N) is 4. The molecule has 1 heterocycles. The fraction of sp³-hybridized carbons (Fsp3) is 0.477. The molecule has 1 aliphatic heterocycles. The smallest absolute Gasteiger partial charge is 0.470 e. The number of fused-ring (bicyclic) bond motifs is 7. The zero-order valence-corrected chi connectivity index (χ0v) is 37.8. The molecule has 2 aromatic carbocycles. The highest BCUT2D eigenvalue weighted by molar-refractivity contribution is 9.09. The lowest BCUT2D eigenvalue weighted by Gasteiger charge is -2.59. The summed E-state index contributed by atoms with van der Waals surface area (Å²) in [5, 5.41) is 31.3. The Morgan fingerprint density at radius 3 is 2.45 bits per heavy atom. The van der Waals surface area contributed by atoms with Crippen LogP contribution in [0, 0.1) is 28.6 Å². The number of alkyl halides is 1. The van der Waals surface area contributed by atoms with E-state index in [4.69, 9.17) is 14.0 Å². The van der Waals surface area contributed by atoms with E-state index in [1.807, 2.05) is 19.9 Å². The van der Waals surface area contributed by atoms with E-state index in [-0.39, 0.29) is 58.6 Å². The average Bonchev–Trinajstić information content (AvgIpc) is 3.76. The summed E-state index contributed by atoms with van der Waals surface area (Å²) in [6.45, 7) is 2.43. The van der Waals surface area contributed by atoms with Gasteiger partial charge in [-0.1, -0.05) is 59.6 Å². The van der Waals surface area contributed by atoms with Crippen LogP contribution in [-0.4, -0.2) is 103 Å². The number of phosphoric ester groups is 1. The predicted octanol–water partition coefficient (Wildman–Crippen LogP) is 3.46. The third kappa shape index (κ3) is 9.67. The number of benzene rings is 2. The summed E-state index contributed by atoms with van der Waals surface area (Å²) in [5.41, 5.74) is -1.59. The molecule has 0 spiro atoms. The summed E-state index contributed by atoms with van der Waals surface area (Å²) in [7, 11) is -5.09. The first kappa shape index (κ1) is 48.0. The minimum Gasteiger partial charge on any atom is -0.481 e. The molecule has 10 atom stereocenters. The fourth-order valence-corrected chi connectivity index (χ4v) is 11.4. The summed E-state index contributed by atoms with van der Waals surface area (Å²) in [6, 6.07) is 11.0. The minimum atomic E-state index is -5.09. The van der Waals surface area contributed by atoms with Crippen LogP contribution in [0.3, 0.4) is 0 Å². The number of halogens is 1. The molecule has 4 aliphatic carbocycles. The van der Waals surface area contributed by atoms with Crippen molar-refractivity contribution in [1.82, 2.24) is 10.6 Å². The topological polar surface area (TPSA) is 293 Å². The predicted molar refractivity (Wildman–Crippen MR) is 233 cm³/mol. The van der Waals surface area contributed by atoms with E-state index < -0.39 is 104 Å². The molecule has 4 amide bonds. The molecule has 8 N–H and O–H groups in total. The highest BCUT2D eigenvalue weighted by atomic mass is 79.9. The maximum Gasteiger partial charge on any atom is 0.470 e. The third-order valence-corrected chi connectivity index (χ3v) is 14.7. The number of phosphoric acid groups is 1. The largest absolute Gasteiger partial charge is 0.481 e. The summed E-state index contributed by atoms with van der Waals surface area (Å²) in [5.74, 6) is -5.25. The van der Waals surface area contributed by atoms with Gasteiger partial charge in [0.2, 0.25) is 17.7 Å². The van der Waals surface area contributed by atoms with Gasteiger partial charge in [-0.25, -0.2) is 4.57 Å². The maximum absolute atomic E-state index is 14.4. The molecule has 0 aromatic heterocycles. The second-order valence-electron chi connectivity index (χ2n) is 17.6. The van der Waals surface area contributed by atoms with E-state index in [1.165, 1.54) is 30.3 Å². The summed E-state index contributed by atoms with van der Waals surface area (Å²) in [6.07, 6.45) is 2.93. The first-order valence-electron chi connectivity index (χ1n) is 21.0. The van der Waals surface area contributed by atoms with Crippen molar-refractivity contribution in [1.29, 1.82) is 0 Å². The van der Waals surface area contributed by atoms with Crippen LogP contribution in [0.2, 0.25) is 0 Å². The van der Waals surface area contributed by atoms with Crippen molar-refractivity contribution in [2.24, 2.45) is 28.6 Å². The Bertz CT molecular complexity index is 2410. The van der Waals surface area contributed by atoms with Crippen molar-refractivity contribution in [2.45, 2.75) is 82.5 Å². The fourth-order valence-electron chi connectivity index (χ4n) is 10.9. The molecule has 21 heteroatoms. The molecule has 1 saturated heterocycles. The molecule has 7 rings (SSSR count). The Hall–Kier alpha value is -4.92. The number of rotatable bonds is 16. The molecule has 2 aromatic rings. The molecular formula is C44H50BrN4O15P. The standard InChI is InChI=1S/C44H50BrN4O15P/c1-42-14-13-28(50)17-25(42)9-10-29-30-18-34-44(33(52)22-62-65(59,60)61,43(30,2)19-32(51)38(29)42)64-41(63-34)24-6-4-8-27(16-24)47-39(57)23-5-3-7-26(15-23)48-40(58)31(11-12-37(55)56)49-36(54)21-46-35(53)20-45/h3-8,13-17,29-32,34,38,41,51H,9-12,18-22H2,1-2H3,(H,46,53)(H,47,57)(H,48,58)(H,49,54)(H,55,56)(H2,59,60,61)/t29-,30-,31-,32-,34+,38+,41+,42-,43-,44+/m0/s1. The van der Waals surface area contributed by atoms with Gasteiger partial charge >= 0.3 is 13.8 Å². The quantitative estimate of drug-likeness (QED) is 0.0883. The number of carbonyl (C=O) groups excluding carboxylic acids is 6. The number of ketones is 2. The molecule has 4 fully saturated rings. The normalized spacial score (nSPS) is 30.4. The van der Waals surface area contributed by atoms with Crippen molar-refractivity contribution >= 4 is 76.3 Å². The number of carboxylic acids is 1. The van der Waals surface area contributed by atoms with Gasteiger partial charge in [-0.05, 0) is 86.4 Å². The number of Topliss-reactive ketones (excluding diaryl/α,β-unsaturated/α-hetero) is 1. The van der Waals surface area contributed by atoms with Gasteiger partial charge in [0.05, 0.1) is 24.1 Å². The molecule has 0 bridgehead atoms. The second kappa shape index (κ2) is 18.8. The average molecular weight is 986 g/mol. The van der Waals surface area contributed by atoms with Crippen molar-refractivity contribution in [3.8, 4) is 0 Å². The lowest BCUT2D eigenvalue weighted by Crippen LogP contribution is -2.63.